The summed E-state index contributed by atoms with van der Waals surface area (Å²) in [5.41, 5.74) is 0. The zero-order valence-electron chi connectivity index (χ0n) is 5.11. The standard InChI is InChI=1S/C3H4N2.Ni.H3O4P/c1-2-5-3-4-1;;1-5(2,3)4/h1-3H,(H,4,5);;(H3,1,2,3,4)/q;+2;/p-2. The quantitative estimate of drug-likeness (QED) is 0.398. The van der Waals surface area contributed by atoms with Crippen LogP contribution in [0, 0.1) is 0 Å². The number of aromatic nitrogens is 2. The minimum atomic E-state index is -5.14. The van der Waals surface area contributed by atoms with E-state index in [2.05, 4.69) is 9.97 Å². The van der Waals surface area contributed by atoms with Crippen molar-refractivity contribution >= 4 is 7.82 Å². The second kappa shape index (κ2) is 6.52. The first kappa shape index (κ1) is 13.4. The first-order valence-electron chi connectivity index (χ1n) is 2.17. The van der Waals surface area contributed by atoms with Crippen LogP contribution < -0.4 is 9.79 Å². The van der Waals surface area contributed by atoms with E-state index in [1.165, 1.54) is 0 Å². The van der Waals surface area contributed by atoms with Gasteiger partial charge in [-0.2, -0.15) is 0 Å². The number of aromatic amines is 1. The monoisotopic (exact) mass is 222 g/mol. The van der Waals surface area contributed by atoms with Gasteiger partial charge in [0.25, 0.3) is 0 Å². The third kappa shape index (κ3) is 25.9. The van der Waals surface area contributed by atoms with E-state index in [4.69, 9.17) is 19.2 Å². The number of phosphoric acid groups is 1. The SMILES string of the molecule is O=P([O-])([O-])O.[Ni+2].c1c[nH]cn1. The Labute approximate surface area is 72.8 Å². The van der Waals surface area contributed by atoms with Crippen molar-refractivity contribution in [2.24, 2.45) is 0 Å². The molecule has 0 bridgehead atoms. The smallest absolute Gasteiger partial charge is 0.790 e. The molecule has 0 aliphatic heterocycles. The fourth-order valence-corrected chi connectivity index (χ4v) is 0.215. The Balaban J connectivity index is 0. The van der Waals surface area contributed by atoms with Crippen LogP contribution in [0.15, 0.2) is 18.7 Å². The Hall–Kier alpha value is -0.186. The molecule has 0 aliphatic rings. The van der Waals surface area contributed by atoms with Gasteiger partial charge in [-0.25, -0.2) is 4.98 Å². The summed E-state index contributed by atoms with van der Waals surface area (Å²) in [6, 6.07) is 0. The molecule has 0 amide bonds. The van der Waals surface area contributed by atoms with E-state index < -0.39 is 7.82 Å². The summed E-state index contributed by atoms with van der Waals surface area (Å²) in [4.78, 5) is 30.7. The molecule has 0 atom stereocenters. The molecular weight excluding hydrogens is 218 g/mol. The fraction of sp³-hybridized carbons (Fsp3) is 0. The van der Waals surface area contributed by atoms with Crippen LogP contribution in [0.2, 0.25) is 0 Å². The molecule has 1 aromatic heterocycles. The van der Waals surface area contributed by atoms with Crippen molar-refractivity contribution in [3.05, 3.63) is 18.7 Å². The zero-order valence-corrected chi connectivity index (χ0v) is 7.00. The minimum Gasteiger partial charge on any atom is -0.790 e. The van der Waals surface area contributed by atoms with E-state index in [-0.39, 0.29) is 16.5 Å². The van der Waals surface area contributed by atoms with Gasteiger partial charge in [0.05, 0.1) is 14.2 Å². The maximum absolute atomic E-state index is 8.66. The van der Waals surface area contributed by atoms with Crippen LogP contribution in [0.4, 0.5) is 0 Å². The second-order valence-corrected chi connectivity index (χ2v) is 2.17. The molecular formula is C3H5N2NiO4P. The molecule has 0 spiro atoms. The van der Waals surface area contributed by atoms with Crippen LogP contribution in [-0.2, 0) is 21.1 Å². The number of rotatable bonds is 0. The van der Waals surface area contributed by atoms with Gasteiger partial charge < -0.3 is 24.2 Å². The third-order valence-corrected chi connectivity index (χ3v) is 0.406. The van der Waals surface area contributed by atoms with Gasteiger partial charge in [-0.3, -0.25) is 0 Å². The molecule has 66 valence electrons. The normalized spacial score (nSPS) is 9.00. The molecule has 1 aromatic rings. The van der Waals surface area contributed by atoms with Crippen LogP contribution in [0.1, 0.15) is 0 Å². The molecule has 1 heterocycles. The first-order valence-corrected chi connectivity index (χ1v) is 3.67. The predicted octanol–water partition coefficient (Wildman–Crippen LogP) is -1.79. The molecule has 0 unspecified atom stereocenters. The number of H-pyrrole nitrogens is 1. The van der Waals surface area contributed by atoms with E-state index >= 15 is 0 Å². The van der Waals surface area contributed by atoms with Gasteiger partial charge in [0.1, 0.15) is 0 Å². The maximum Gasteiger partial charge on any atom is 2.00 e. The molecule has 0 aromatic carbocycles. The number of hydrogen-bond donors (Lipinski definition) is 2. The molecule has 0 aliphatic carbocycles. The molecule has 0 saturated heterocycles. The van der Waals surface area contributed by atoms with Gasteiger partial charge in [0.15, 0.2) is 0 Å². The van der Waals surface area contributed by atoms with Crippen molar-refractivity contribution in [2.45, 2.75) is 0 Å². The van der Waals surface area contributed by atoms with Crippen molar-refractivity contribution in [1.82, 2.24) is 9.97 Å². The van der Waals surface area contributed by atoms with Crippen molar-refractivity contribution < 1.29 is 35.7 Å². The molecule has 0 saturated carbocycles. The average Bonchev–Trinajstić information content (AvgIpc) is 2.07. The van der Waals surface area contributed by atoms with Crippen molar-refractivity contribution in [3.8, 4) is 0 Å². The van der Waals surface area contributed by atoms with E-state index in [0.29, 0.717) is 0 Å². The Kier molecular flexibility index (Phi) is 7.95. The summed E-state index contributed by atoms with van der Waals surface area (Å²) in [7, 11) is -5.14. The van der Waals surface area contributed by atoms with Crippen LogP contribution >= 0.6 is 7.82 Å². The van der Waals surface area contributed by atoms with Crippen molar-refractivity contribution in [1.29, 1.82) is 0 Å². The Morgan fingerprint density at radius 1 is 1.55 bits per heavy atom. The summed E-state index contributed by atoms with van der Waals surface area (Å²) in [6.45, 7) is 0. The zero-order chi connectivity index (χ0) is 8.04. The fourth-order valence-electron chi connectivity index (χ4n) is 0.215. The topological polar surface area (TPSA) is 112 Å². The van der Waals surface area contributed by atoms with Gasteiger partial charge in [0.2, 0.25) is 0 Å². The summed E-state index contributed by atoms with van der Waals surface area (Å²) >= 11 is 0. The number of imidazole rings is 1. The number of hydrogen-bond acceptors (Lipinski definition) is 4. The molecule has 1 rings (SSSR count). The average molecular weight is 223 g/mol. The minimum absolute atomic E-state index is 0. The van der Waals surface area contributed by atoms with Gasteiger partial charge in [-0.1, -0.05) is 0 Å². The first-order chi connectivity index (χ1) is 4.50. The van der Waals surface area contributed by atoms with Gasteiger partial charge in [-0.05, 0) is 0 Å². The van der Waals surface area contributed by atoms with Crippen molar-refractivity contribution in [3.63, 3.8) is 0 Å². The van der Waals surface area contributed by atoms with E-state index in [9.17, 15) is 0 Å². The number of nitrogens with one attached hydrogen (secondary N) is 1. The predicted molar refractivity (Wildman–Crippen MR) is 28.4 cm³/mol. The van der Waals surface area contributed by atoms with Gasteiger partial charge in [-0.15, -0.1) is 0 Å². The van der Waals surface area contributed by atoms with Crippen LogP contribution in [-0.4, -0.2) is 14.9 Å². The Morgan fingerprint density at radius 3 is 2.09 bits per heavy atom. The van der Waals surface area contributed by atoms with Crippen LogP contribution in [0.25, 0.3) is 0 Å². The molecule has 6 nitrogen and oxygen atoms in total. The Morgan fingerprint density at radius 2 is 2.00 bits per heavy atom. The summed E-state index contributed by atoms with van der Waals surface area (Å²) in [5.74, 6) is 0. The van der Waals surface area contributed by atoms with E-state index in [0.717, 1.165) is 0 Å². The summed E-state index contributed by atoms with van der Waals surface area (Å²) in [6.07, 6.45) is 5.08. The number of nitrogens with zero attached hydrogens (tertiary/aromatic N) is 1. The van der Waals surface area contributed by atoms with Crippen molar-refractivity contribution in [2.75, 3.05) is 0 Å². The maximum atomic E-state index is 8.66. The van der Waals surface area contributed by atoms with Crippen LogP contribution in [0.5, 0.6) is 0 Å². The van der Waals surface area contributed by atoms with Crippen LogP contribution in [0.3, 0.4) is 0 Å². The summed E-state index contributed by atoms with van der Waals surface area (Å²) in [5, 5.41) is 0. The molecule has 0 radical (unpaired) electrons. The molecule has 8 heteroatoms. The third-order valence-electron chi connectivity index (χ3n) is 0.406. The Bertz CT molecular complexity index is 172. The molecule has 2 N–H and O–H groups in total. The van der Waals surface area contributed by atoms with E-state index in [1.54, 1.807) is 18.7 Å². The van der Waals surface area contributed by atoms with E-state index in [1.807, 2.05) is 0 Å². The molecule has 11 heavy (non-hydrogen) atoms. The summed E-state index contributed by atoms with van der Waals surface area (Å²) < 4.78 is 8.66. The molecule has 0 fully saturated rings. The second-order valence-electron chi connectivity index (χ2n) is 1.23. The van der Waals surface area contributed by atoms with Gasteiger partial charge in [0, 0.05) is 12.4 Å². The van der Waals surface area contributed by atoms with Gasteiger partial charge >= 0.3 is 16.5 Å². The largest absolute Gasteiger partial charge is 2.00 e.